The van der Waals surface area contributed by atoms with Crippen molar-refractivity contribution in [3.63, 3.8) is 0 Å². The van der Waals surface area contributed by atoms with Crippen LogP contribution in [0.2, 0.25) is 0 Å². The number of nitrogens with zero attached hydrogens (tertiary/aromatic N) is 1. The summed E-state index contributed by atoms with van der Waals surface area (Å²) in [6.07, 6.45) is 6.03. The number of hydrogen-bond acceptors (Lipinski definition) is 7. The van der Waals surface area contributed by atoms with Gasteiger partial charge < -0.3 is 31.2 Å². The molecule has 9 heteroatoms. The van der Waals surface area contributed by atoms with Crippen LogP contribution in [0.4, 0.5) is 21.7 Å². The molecule has 1 amide bonds. The Hall–Kier alpha value is -2.91. The summed E-state index contributed by atoms with van der Waals surface area (Å²) in [5, 5.41) is 9.62. The van der Waals surface area contributed by atoms with Crippen LogP contribution in [0, 0.1) is 5.82 Å². The molecule has 1 saturated carbocycles. The van der Waals surface area contributed by atoms with Crippen LogP contribution >= 0.6 is 0 Å². The number of rotatable bonds is 8. The quantitative estimate of drug-likeness (QED) is 0.480. The Kier molecular flexibility index (Phi) is 7.61. The van der Waals surface area contributed by atoms with Gasteiger partial charge >= 0.3 is 0 Å². The molecule has 178 valence electrons. The molecular formula is C24H32FN5O3. The molecule has 2 aliphatic rings. The van der Waals surface area contributed by atoms with Crippen molar-refractivity contribution >= 4 is 23.2 Å². The van der Waals surface area contributed by atoms with Gasteiger partial charge in [-0.3, -0.25) is 4.79 Å². The summed E-state index contributed by atoms with van der Waals surface area (Å²) in [6, 6.07) is 8.79. The van der Waals surface area contributed by atoms with E-state index >= 15 is 0 Å². The summed E-state index contributed by atoms with van der Waals surface area (Å²) in [5.41, 5.74) is 6.18. The highest BCUT2D eigenvalue weighted by atomic mass is 19.1. The van der Waals surface area contributed by atoms with Crippen molar-refractivity contribution in [3.05, 3.63) is 41.7 Å². The molecule has 0 radical (unpaired) electrons. The standard InChI is InChI=1S/C24H32FN5O3/c1-27-20-4-2-3-5-21(20)29-24-19(25)14-18(22(26)31)23(30-24)28-15-6-8-16(9-7-15)33-17-10-12-32-13-11-17/h6-9,14,17,20-21,27H,2-5,10-13H2,1H3,(H2,26,31)(H2,28,29,30). The molecule has 0 spiro atoms. The van der Waals surface area contributed by atoms with Gasteiger partial charge in [0.05, 0.1) is 18.8 Å². The summed E-state index contributed by atoms with van der Waals surface area (Å²) >= 11 is 0. The number of nitrogens with two attached hydrogens (primary N) is 1. The lowest BCUT2D eigenvalue weighted by Gasteiger charge is -2.32. The van der Waals surface area contributed by atoms with Crippen molar-refractivity contribution in [2.45, 2.75) is 56.7 Å². The van der Waals surface area contributed by atoms with E-state index in [4.69, 9.17) is 15.2 Å². The first-order valence-electron chi connectivity index (χ1n) is 11.6. The van der Waals surface area contributed by atoms with E-state index in [0.29, 0.717) is 18.9 Å². The van der Waals surface area contributed by atoms with Crippen LogP contribution in [0.1, 0.15) is 48.9 Å². The molecule has 2 aromatic rings. The number of benzene rings is 1. The lowest BCUT2D eigenvalue weighted by Crippen LogP contribution is -2.45. The molecule has 2 heterocycles. The number of amides is 1. The lowest BCUT2D eigenvalue weighted by atomic mass is 9.90. The molecule has 1 aromatic heterocycles. The second kappa shape index (κ2) is 10.8. The zero-order valence-corrected chi connectivity index (χ0v) is 18.9. The van der Waals surface area contributed by atoms with Crippen molar-refractivity contribution in [1.82, 2.24) is 10.3 Å². The van der Waals surface area contributed by atoms with Crippen LogP contribution in [0.15, 0.2) is 30.3 Å². The summed E-state index contributed by atoms with van der Waals surface area (Å²) in [7, 11) is 1.91. The fourth-order valence-electron chi connectivity index (χ4n) is 4.44. The Labute approximate surface area is 193 Å². The van der Waals surface area contributed by atoms with E-state index < -0.39 is 11.7 Å². The fourth-order valence-corrected chi connectivity index (χ4v) is 4.44. The van der Waals surface area contributed by atoms with Crippen molar-refractivity contribution in [2.75, 3.05) is 30.9 Å². The molecule has 2 unspecified atom stereocenters. The Balaban J connectivity index is 1.50. The van der Waals surface area contributed by atoms with Crippen molar-refractivity contribution in [2.24, 2.45) is 5.73 Å². The van der Waals surface area contributed by atoms with E-state index in [0.717, 1.165) is 50.3 Å². The average Bonchev–Trinajstić information content (AvgIpc) is 2.83. The molecule has 33 heavy (non-hydrogen) atoms. The minimum Gasteiger partial charge on any atom is -0.490 e. The van der Waals surface area contributed by atoms with Gasteiger partial charge in [0, 0.05) is 30.6 Å². The van der Waals surface area contributed by atoms with E-state index in [1.807, 2.05) is 31.3 Å². The third-order valence-electron chi connectivity index (χ3n) is 6.29. The number of aromatic nitrogens is 1. The zero-order valence-electron chi connectivity index (χ0n) is 18.9. The van der Waals surface area contributed by atoms with Crippen molar-refractivity contribution in [1.29, 1.82) is 0 Å². The normalized spacial score (nSPS) is 21.4. The van der Waals surface area contributed by atoms with Gasteiger partial charge in [-0.1, -0.05) is 12.8 Å². The Morgan fingerprint density at radius 2 is 1.79 bits per heavy atom. The molecule has 5 N–H and O–H groups in total. The highest BCUT2D eigenvalue weighted by Crippen LogP contribution is 2.28. The highest BCUT2D eigenvalue weighted by Gasteiger charge is 2.26. The maximum atomic E-state index is 14.8. The maximum absolute atomic E-state index is 14.8. The number of primary amides is 1. The third-order valence-corrected chi connectivity index (χ3v) is 6.29. The summed E-state index contributed by atoms with van der Waals surface area (Å²) in [5.74, 6) is -0.279. The molecule has 1 aliphatic carbocycles. The topological polar surface area (TPSA) is 111 Å². The second-order valence-corrected chi connectivity index (χ2v) is 8.59. The van der Waals surface area contributed by atoms with Gasteiger partial charge in [0.1, 0.15) is 17.7 Å². The summed E-state index contributed by atoms with van der Waals surface area (Å²) in [4.78, 5) is 16.4. The molecule has 0 bridgehead atoms. The first kappa shape index (κ1) is 23.3. The van der Waals surface area contributed by atoms with Gasteiger partial charge in [0.15, 0.2) is 11.6 Å². The van der Waals surface area contributed by atoms with Crippen LogP contribution in [0.25, 0.3) is 0 Å². The third kappa shape index (κ3) is 5.91. The molecule has 8 nitrogen and oxygen atoms in total. The van der Waals surface area contributed by atoms with Crippen LogP contribution in [0.5, 0.6) is 5.75 Å². The monoisotopic (exact) mass is 457 g/mol. The smallest absolute Gasteiger partial charge is 0.252 e. The number of anilines is 3. The second-order valence-electron chi connectivity index (χ2n) is 8.59. The molecular weight excluding hydrogens is 425 g/mol. The summed E-state index contributed by atoms with van der Waals surface area (Å²) < 4.78 is 26.1. The number of halogens is 1. The number of pyridine rings is 1. The fraction of sp³-hybridized carbons (Fsp3) is 0.500. The van der Waals surface area contributed by atoms with E-state index in [9.17, 15) is 9.18 Å². The van der Waals surface area contributed by atoms with Gasteiger partial charge in [0.2, 0.25) is 0 Å². The van der Waals surface area contributed by atoms with Crippen molar-refractivity contribution < 1.29 is 18.7 Å². The number of nitrogens with one attached hydrogen (secondary N) is 3. The Morgan fingerprint density at radius 1 is 1.09 bits per heavy atom. The maximum Gasteiger partial charge on any atom is 0.252 e. The van der Waals surface area contributed by atoms with Gasteiger partial charge in [-0.05, 0) is 50.2 Å². The Bertz CT molecular complexity index is 950. The van der Waals surface area contributed by atoms with Crippen LogP contribution in [0.3, 0.4) is 0 Å². The lowest BCUT2D eigenvalue weighted by molar-refractivity contribution is 0.0256. The van der Waals surface area contributed by atoms with E-state index in [1.54, 1.807) is 0 Å². The minimum absolute atomic E-state index is 0.00519. The van der Waals surface area contributed by atoms with Gasteiger partial charge in [-0.15, -0.1) is 0 Å². The highest BCUT2D eigenvalue weighted by molar-refractivity contribution is 5.98. The number of carbonyl (C=O) groups excluding carboxylic acids is 1. The van der Waals surface area contributed by atoms with Crippen LogP contribution in [-0.4, -0.2) is 49.3 Å². The molecule has 1 aliphatic heterocycles. The predicted octanol–water partition coefficient (Wildman–Crippen LogP) is 3.56. The van der Waals surface area contributed by atoms with Gasteiger partial charge in [-0.2, -0.15) is 0 Å². The van der Waals surface area contributed by atoms with Gasteiger partial charge in [-0.25, -0.2) is 9.37 Å². The number of hydrogen-bond donors (Lipinski definition) is 4. The first-order chi connectivity index (χ1) is 16.0. The van der Waals surface area contributed by atoms with E-state index in [2.05, 4.69) is 20.9 Å². The number of likely N-dealkylation sites (N-methyl/N-ethyl adjacent to an activating group) is 1. The van der Waals surface area contributed by atoms with E-state index in [-0.39, 0.29) is 35.4 Å². The average molecular weight is 458 g/mol. The first-order valence-corrected chi connectivity index (χ1v) is 11.6. The molecule has 4 rings (SSSR count). The Morgan fingerprint density at radius 3 is 2.45 bits per heavy atom. The van der Waals surface area contributed by atoms with Crippen LogP contribution in [-0.2, 0) is 4.74 Å². The molecule has 1 saturated heterocycles. The van der Waals surface area contributed by atoms with Crippen molar-refractivity contribution in [3.8, 4) is 5.75 Å². The predicted molar refractivity (Wildman–Crippen MR) is 126 cm³/mol. The molecule has 2 fully saturated rings. The molecule has 2 atom stereocenters. The minimum atomic E-state index is -0.749. The van der Waals surface area contributed by atoms with E-state index in [1.165, 1.54) is 0 Å². The molecule has 1 aromatic carbocycles. The zero-order chi connectivity index (χ0) is 23.2. The SMILES string of the molecule is CNC1CCCCC1Nc1nc(Nc2ccc(OC3CCOCC3)cc2)c(C(N)=O)cc1F. The number of ether oxygens (including phenoxy) is 2. The van der Waals surface area contributed by atoms with Gasteiger partial charge in [0.25, 0.3) is 5.91 Å². The summed E-state index contributed by atoms with van der Waals surface area (Å²) in [6.45, 7) is 1.42. The largest absolute Gasteiger partial charge is 0.490 e. The number of carbonyl (C=O) groups is 1. The van der Waals surface area contributed by atoms with Crippen LogP contribution < -0.4 is 26.4 Å².